The lowest BCUT2D eigenvalue weighted by Gasteiger charge is -2.00. The third-order valence-corrected chi connectivity index (χ3v) is 2.15. The molecule has 0 amide bonds. The molecule has 0 fully saturated rings. The monoisotopic (exact) mass is 214 g/mol. The van der Waals surface area contributed by atoms with Crippen LogP contribution in [0.1, 0.15) is 11.3 Å². The normalized spacial score (nSPS) is 11.1. The van der Waals surface area contributed by atoms with E-state index in [-0.39, 0.29) is 0 Å². The van der Waals surface area contributed by atoms with Crippen LogP contribution < -0.4 is 5.73 Å². The molecule has 4 heteroatoms. The molecule has 0 aliphatic rings. The number of aromatic nitrogens is 3. The first-order valence-electron chi connectivity index (χ1n) is 5.15. The van der Waals surface area contributed by atoms with Crippen LogP contribution in [0.3, 0.4) is 0 Å². The zero-order valence-electron chi connectivity index (χ0n) is 9.17. The van der Waals surface area contributed by atoms with Crippen molar-refractivity contribution >= 4 is 6.08 Å². The third kappa shape index (κ3) is 2.35. The van der Waals surface area contributed by atoms with E-state index >= 15 is 0 Å². The van der Waals surface area contributed by atoms with E-state index in [2.05, 4.69) is 10.2 Å². The van der Waals surface area contributed by atoms with E-state index < -0.39 is 0 Å². The lowest BCUT2D eigenvalue weighted by atomic mass is 10.2. The minimum absolute atomic E-state index is 0.545. The summed E-state index contributed by atoms with van der Waals surface area (Å²) in [7, 11) is 0. The van der Waals surface area contributed by atoms with Crippen molar-refractivity contribution < 1.29 is 0 Å². The maximum Gasteiger partial charge on any atom is 0.0862 e. The van der Waals surface area contributed by atoms with Gasteiger partial charge in [0.2, 0.25) is 0 Å². The Balaban J connectivity index is 2.32. The average Bonchev–Trinajstić information content (AvgIpc) is 2.74. The zero-order valence-corrected chi connectivity index (χ0v) is 9.17. The van der Waals surface area contributed by atoms with Crippen molar-refractivity contribution in [1.29, 1.82) is 0 Å². The minimum Gasteiger partial charge on any atom is -0.327 e. The van der Waals surface area contributed by atoms with Gasteiger partial charge in [0.25, 0.3) is 0 Å². The highest BCUT2D eigenvalue weighted by Crippen LogP contribution is 2.10. The van der Waals surface area contributed by atoms with Crippen molar-refractivity contribution in [3.8, 4) is 5.69 Å². The van der Waals surface area contributed by atoms with E-state index in [1.165, 1.54) is 0 Å². The Labute approximate surface area is 94.4 Å². The number of aryl methyl sites for hydroxylation is 1. The molecule has 82 valence electrons. The fraction of sp³-hybridized carbons (Fsp3) is 0.167. The van der Waals surface area contributed by atoms with Gasteiger partial charge in [0.1, 0.15) is 0 Å². The molecule has 0 aliphatic heterocycles. The van der Waals surface area contributed by atoms with Gasteiger partial charge in [0.05, 0.1) is 17.6 Å². The highest BCUT2D eigenvalue weighted by atomic mass is 15.5. The molecule has 2 N–H and O–H groups in total. The van der Waals surface area contributed by atoms with Gasteiger partial charge < -0.3 is 5.73 Å². The first kappa shape index (κ1) is 10.6. The molecule has 1 aromatic heterocycles. The second kappa shape index (κ2) is 4.72. The molecule has 0 bridgehead atoms. The third-order valence-electron chi connectivity index (χ3n) is 2.15. The molecule has 0 atom stereocenters. The number of nitrogens with zero attached hydrogens (tertiary/aromatic N) is 3. The molecule has 0 unspecified atom stereocenters. The van der Waals surface area contributed by atoms with Gasteiger partial charge in [0, 0.05) is 6.54 Å². The molecule has 1 aromatic carbocycles. The van der Waals surface area contributed by atoms with Crippen LogP contribution in [0.25, 0.3) is 11.8 Å². The molecular weight excluding hydrogens is 200 g/mol. The van der Waals surface area contributed by atoms with Gasteiger partial charge in [-0.3, -0.25) is 0 Å². The molecule has 0 saturated carbocycles. The van der Waals surface area contributed by atoms with E-state index in [9.17, 15) is 0 Å². The topological polar surface area (TPSA) is 56.7 Å². The molecule has 16 heavy (non-hydrogen) atoms. The molecule has 0 spiro atoms. The molecule has 0 aliphatic carbocycles. The minimum atomic E-state index is 0.545. The van der Waals surface area contributed by atoms with Crippen LogP contribution in [0.2, 0.25) is 0 Å². The van der Waals surface area contributed by atoms with Crippen LogP contribution >= 0.6 is 0 Å². The standard InChI is InChI=1S/C12H14N4/c1-10-9-14-16(15-10)12-6-2-4-11(8-12)5-3-7-13/h2-6,8-9H,7,13H2,1H3/b5-3+. The first-order chi connectivity index (χ1) is 7.79. The van der Waals surface area contributed by atoms with Crippen molar-refractivity contribution in [1.82, 2.24) is 15.0 Å². The SMILES string of the molecule is Cc1cnn(-c2cccc(/C=C/CN)c2)n1. The van der Waals surface area contributed by atoms with Crippen LogP contribution in [-0.2, 0) is 0 Å². The van der Waals surface area contributed by atoms with Crippen molar-refractivity contribution in [2.75, 3.05) is 6.54 Å². The summed E-state index contributed by atoms with van der Waals surface area (Å²) in [6.45, 7) is 2.46. The lowest BCUT2D eigenvalue weighted by molar-refractivity contribution is 0.745. The highest BCUT2D eigenvalue weighted by Gasteiger charge is 1.99. The maximum absolute atomic E-state index is 5.41. The van der Waals surface area contributed by atoms with Crippen LogP contribution in [0.15, 0.2) is 36.5 Å². The van der Waals surface area contributed by atoms with Crippen molar-refractivity contribution in [2.24, 2.45) is 5.73 Å². The summed E-state index contributed by atoms with van der Waals surface area (Å²) in [5.74, 6) is 0. The van der Waals surface area contributed by atoms with Gasteiger partial charge >= 0.3 is 0 Å². The Morgan fingerprint density at radius 3 is 3.00 bits per heavy atom. The number of nitrogens with two attached hydrogens (primary N) is 1. The lowest BCUT2D eigenvalue weighted by Crippen LogP contribution is -1.98. The molecular formula is C12H14N4. The Bertz CT molecular complexity index is 499. The van der Waals surface area contributed by atoms with Crippen LogP contribution in [0, 0.1) is 6.92 Å². The Kier molecular flexibility index (Phi) is 3.12. The molecule has 1 heterocycles. The molecule has 2 rings (SSSR count). The highest BCUT2D eigenvalue weighted by molar-refractivity contribution is 5.53. The summed E-state index contributed by atoms with van der Waals surface area (Å²) >= 11 is 0. The van der Waals surface area contributed by atoms with Gasteiger partial charge in [-0.1, -0.05) is 24.3 Å². The van der Waals surface area contributed by atoms with Gasteiger partial charge in [-0.25, -0.2) is 0 Å². The zero-order chi connectivity index (χ0) is 11.4. The summed E-state index contributed by atoms with van der Waals surface area (Å²) in [5.41, 5.74) is 8.36. The number of benzene rings is 1. The number of hydrogen-bond acceptors (Lipinski definition) is 3. The first-order valence-corrected chi connectivity index (χ1v) is 5.15. The summed E-state index contributed by atoms with van der Waals surface area (Å²) in [5, 5.41) is 8.42. The number of hydrogen-bond donors (Lipinski definition) is 1. The van der Waals surface area contributed by atoms with Gasteiger partial charge in [-0.15, -0.1) is 0 Å². The second-order valence-electron chi connectivity index (χ2n) is 3.51. The molecule has 0 saturated heterocycles. The molecule has 4 nitrogen and oxygen atoms in total. The number of rotatable bonds is 3. The van der Waals surface area contributed by atoms with Gasteiger partial charge in [-0.05, 0) is 24.6 Å². The predicted molar refractivity (Wildman–Crippen MR) is 64.2 cm³/mol. The van der Waals surface area contributed by atoms with Crippen LogP contribution in [0.4, 0.5) is 0 Å². The van der Waals surface area contributed by atoms with Crippen molar-refractivity contribution in [2.45, 2.75) is 6.92 Å². The van der Waals surface area contributed by atoms with Gasteiger partial charge in [-0.2, -0.15) is 15.0 Å². The Morgan fingerprint density at radius 1 is 1.44 bits per heavy atom. The molecule has 0 radical (unpaired) electrons. The van der Waals surface area contributed by atoms with Crippen molar-refractivity contribution in [3.05, 3.63) is 47.8 Å². The summed E-state index contributed by atoms with van der Waals surface area (Å²) < 4.78 is 0. The maximum atomic E-state index is 5.41. The summed E-state index contributed by atoms with van der Waals surface area (Å²) in [4.78, 5) is 1.62. The fourth-order valence-corrected chi connectivity index (χ4v) is 1.42. The fourth-order valence-electron chi connectivity index (χ4n) is 1.42. The average molecular weight is 214 g/mol. The second-order valence-corrected chi connectivity index (χ2v) is 3.51. The quantitative estimate of drug-likeness (QED) is 0.843. The van der Waals surface area contributed by atoms with E-state index in [0.717, 1.165) is 16.9 Å². The predicted octanol–water partition coefficient (Wildman–Crippen LogP) is 1.55. The van der Waals surface area contributed by atoms with Crippen LogP contribution in [-0.4, -0.2) is 21.5 Å². The largest absolute Gasteiger partial charge is 0.327 e. The van der Waals surface area contributed by atoms with E-state index in [4.69, 9.17) is 5.73 Å². The van der Waals surface area contributed by atoms with E-state index in [0.29, 0.717) is 6.54 Å². The Morgan fingerprint density at radius 2 is 2.31 bits per heavy atom. The van der Waals surface area contributed by atoms with Crippen molar-refractivity contribution in [3.63, 3.8) is 0 Å². The summed E-state index contributed by atoms with van der Waals surface area (Å²) in [6, 6.07) is 7.99. The molecule has 2 aromatic rings. The smallest absolute Gasteiger partial charge is 0.0862 e. The van der Waals surface area contributed by atoms with E-state index in [1.807, 2.05) is 43.3 Å². The van der Waals surface area contributed by atoms with Gasteiger partial charge in [0.15, 0.2) is 0 Å². The summed E-state index contributed by atoms with van der Waals surface area (Å²) in [6.07, 6.45) is 5.64. The van der Waals surface area contributed by atoms with Crippen LogP contribution in [0.5, 0.6) is 0 Å². The van der Waals surface area contributed by atoms with E-state index in [1.54, 1.807) is 11.0 Å². The Hall–Kier alpha value is -1.94.